The van der Waals surface area contributed by atoms with Crippen LogP contribution in [-0.2, 0) is 19.1 Å². The van der Waals surface area contributed by atoms with Crippen molar-refractivity contribution in [1.29, 1.82) is 0 Å². The molecule has 0 spiro atoms. The molecule has 0 aromatic heterocycles. The number of hydrogen-bond donors (Lipinski definition) is 1. The maximum Gasteiger partial charge on any atom is 0.354 e. The molecule has 0 saturated heterocycles. The molecule has 0 aliphatic heterocycles. The highest BCUT2D eigenvalue weighted by Gasteiger charge is 2.14. The summed E-state index contributed by atoms with van der Waals surface area (Å²) in [6, 6.07) is 0. The molecule has 0 unspecified atom stereocenters. The van der Waals surface area contributed by atoms with Gasteiger partial charge in [0.05, 0.1) is 20.3 Å². The van der Waals surface area contributed by atoms with Crippen LogP contribution in [0.1, 0.15) is 25.7 Å². The second-order valence-corrected chi connectivity index (χ2v) is 3.67. The summed E-state index contributed by atoms with van der Waals surface area (Å²) in [7, 11) is 2.53. The molecule has 0 atom stereocenters. The van der Waals surface area contributed by atoms with E-state index in [2.05, 4.69) is 14.8 Å². The van der Waals surface area contributed by atoms with Gasteiger partial charge in [-0.25, -0.2) is 9.59 Å². The van der Waals surface area contributed by atoms with Crippen LogP contribution in [0.3, 0.4) is 0 Å². The maximum absolute atomic E-state index is 11.4. The predicted molar refractivity (Wildman–Crippen MR) is 61.8 cm³/mol. The van der Waals surface area contributed by atoms with Gasteiger partial charge in [-0.15, -0.1) is 0 Å². The molecule has 5 nitrogen and oxygen atoms in total. The molecule has 0 bridgehead atoms. The third-order valence-corrected chi connectivity index (χ3v) is 2.45. The molecule has 0 heterocycles. The van der Waals surface area contributed by atoms with E-state index < -0.39 is 11.9 Å². The average molecular weight is 239 g/mol. The van der Waals surface area contributed by atoms with Crippen molar-refractivity contribution in [2.24, 2.45) is 0 Å². The lowest BCUT2D eigenvalue weighted by Gasteiger charge is -2.15. The lowest BCUT2D eigenvalue weighted by atomic mass is 10.0. The van der Waals surface area contributed by atoms with Gasteiger partial charge in [0.1, 0.15) is 5.70 Å². The Kier molecular flexibility index (Phi) is 5.26. The van der Waals surface area contributed by atoms with Gasteiger partial charge in [0.25, 0.3) is 0 Å². The lowest BCUT2D eigenvalue weighted by Crippen LogP contribution is -2.23. The van der Waals surface area contributed by atoms with Crippen LogP contribution >= 0.6 is 0 Å². The first-order valence-corrected chi connectivity index (χ1v) is 5.51. The van der Waals surface area contributed by atoms with Crippen LogP contribution < -0.4 is 5.32 Å². The highest BCUT2D eigenvalue weighted by atomic mass is 16.5. The van der Waals surface area contributed by atoms with E-state index in [4.69, 9.17) is 0 Å². The molecule has 5 heteroatoms. The van der Waals surface area contributed by atoms with E-state index in [1.165, 1.54) is 14.2 Å². The molecular formula is C12H17NO4. The molecule has 0 fully saturated rings. The van der Waals surface area contributed by atoms with Crippen molar-refractivity contribution in [2.45, 2.75) is 25.7 Å². The smallest absolute Gasteiger partial charge is 0.354 e. The largest absolute Gasteiger partial charge is 0.466 e. The number of esters is 2. The molecule has 0 aromatic carbocycles. The van der Waals surface area contributed by atoms with Crippen molar-refractivity contribution in [3.8, 4) is 0 Å². The molecule has 1 rings (SSSR count). The van der Waals surface area contributed by atoms with Gasteiger partial charge in [-0.1, -0.05) is 6.08 Å². The Morgan fingerprint density at radius 3 is 2.59 bits per heavy atom. The summed E-state index contributed by atoms with van der Waals surface area (Å²) in [6.45, 7) is 0. The van der Waals surface area contributed by atoms with Crippen molar-refractivity contribution in [3.63, 3.8) is 0 Å². The minimum absolute atomic E-state index is 0.104. The quantitative estimate of drug-likeness (QED) is 0.591. The summed E-state index contributed by atoms with van der Waals surface area (Å²) in [4.78, 5) is 22.6. The third kappa shape index (κ3) is 4.30. The second-order valence-electron chi connectivity index (χ2n) is 3.67. The zero-order valence-corrected chi connectivity index (χ0v) is 10.1. The van der Waals surface area contributed by atoms with E-state index in [1.54, 1.807) is 0 Å². The summed E-state index contributed by atoms with van der Waals surface area (Å²) in [5.41, 5.74) is 1.05. The molecule has 94 valence electrons. The minimum atomic E-state index is -0.589. The normalized spacial score (nSPS) is 15.9. The van der Waals surface area contributed by atoms with E-state index in [9.17, 15) is 9.59 Å². The molecule has 0 radical (unpaired) electrons. The summed E-state index contributed by atoms with van der Waals surface area (Å²) in [6.07, 6.45) is 7.20. The zero-order chi connectivity index (χ0) is 12.7. The predicted octanol–water partition coefficient (Wildman–Crippen LogP) is 1.26. The standard InChI is InChI=1S/C12H17NO4/c1-16-11(14)8-10(12(15)17-2)13-9-6-4-3-5-7-9/h6,8,13H,3-5,7H2,1-2H3/b10-8+. The SMILES string of the molecule is COC(=O)/C=C(/NC1=CCCCC1)C(=O)OC. The number of carbonyl (C=O) groups is 2. The fourth-order valence-electron chi connectivity index (χ4n) is 1.56. The Bertz CT molecular complexity index is 358. The Morgan fingerprint density at radius 2 is 2.06 bits per heavy atom. The topological polar surface area (TPSA) is 64.6 Å². The van der Waals surface area contributed by atoms with Gasteiger partial charge >= 0.3 is 11.9 Å². The van der Waals surface area contributed by atoms with Crippen molar-refractivity contribution < 1.29 is 19.1 Å². The van der Waals surface area contributed by atoms with Crippen molar-refractivity contribution in [1.82, 2.24) is 5.32 Å². The number of rotatable bonds is 4. The van der Waals surface area contributed by atoms with Crippen LogP contribution in [0.25, 0.3) is 0 Å². The number of methoxy groups -OCH3 is 2. The molecule has 0 aromatic rings. The number of nitrogens with one attached hydrogen (secondary N) is 1. The monoisotopic (exact) mass is 239 g/mol. The molecule has 1 aliphatic carbocycles. The zero-order valence-electron chi connectivity index (χ0n) is 10.1. The van der Waals surface area contributed by atoms with Crippen LogP contribution in [0.4, 0.5) is 0 Å². The van der Waals surface area contributed by atoms with Gasteiger partial charge < -0.3 is 14.8 Å². The maximum atomic E-state index is 11.4. The van der Waals surface area contributed by atoms with Gasteiger partial charge in [0.2, 0.25) is 0 Å². The van der Waals surface area contributed by atoms with E-state index >= 15 is 0 Å². The Labute approximate surface area is 100 Å². The molecule has 17 heavy (non-hydrogen) atoms. The Balaban J connectivity index is 2.76. The minimum Gasteiger partial charge on any atom is -0.466 e. The first-order chi connectivity index (χ1) is 8.17. The van der Waals surface area contributed by atoms with Crippen LogP contribution in [0, 0.1) is 0 Å². The van der Waals surface area contributed by atoms with Gasteiger partial charge in [-0.2, -0.15) is 0 Å². The Morgan fingerprint density at radius 1 is 1.29 bits per heavy atom. The van der Waals surface area contributed by atoms with Gasteiger partial charge in [0, 0.05) is 5.70 Å². The average Bonchev–Trinajstić information content (AvgIpc) is 2.38. The molecule has 1 aliphatic rings. The summed E-state index contributed by atoms with van der Waals surface area (Å²) >= 11 is 0. The summed E-state index contributed by atoms with van der Waals surface area (Å²) in [5, 5.41) is 2.92. The van der Waals surface area contributed by atoms with E-state index in [1.807, 2.05) is 6.08 Å². The van der Waals surface area contributed by atoms with Crippen molar-refractivity contribution in [3.05, 3.63) is 23.5 Å². The first-order valence-electron chi connectivity index (χ1n) is 5.51. The van der Waals surface area contributed by atoms with Crippen LogP contribution in [0.15, 0.2) is 23.5 Å². The number of allylic oxidation sites excluding steroid dienone is 2. The molecule has 0 amide bonds. The van der Waals surface area contributed by atoms with E-state index in [0.29, 0.717) is 0 Å². The second kappa shape index (κ2) is 6.73. The fourth-order valence-corrected chi connectivity index (χ4v) is 1.56. The highest BCUT2D eigenvalue weighted by molar-refractivity contribution is 5.96. The first kappa shape index (κ1) is 13.3. The van der Waals surface area contributed by atoms with Gasteiger partial charge in [0.15, 0.2) is 0 Å². The number of hydrogen-bond acceptors (Lipinski definition) is 5. The van der Waals surface area contributed by atoms with Crippen LogP contribution in [0.2, 0.25) is 0 Å². The molecule has 0 saturated carbocycles. The van der Waals surface area contributed by atoms with Crippen molar-refractivity contribution >= 4 is 11.9 Å². The lowest BCUT2D eigenvalue weighted by molar-refractivity contribution is -0.138. The van der Waals surface area contributed by atoms with Gasteiger partial charge in [-0.3, -0.25) is 0 Å². The fraction of sp³-hybridized carbons (Fsp3) is 0.500. The van der Waals surface area contributed by atoms with E-state index in [-0.39, 0.29) is 5.70 Å². The highest BCUT2D eigenvalue weighted by Crippen LogP contribution is 2.16. The summed E-state index contributed by atoms with van der Waals surface area (Å²) in [5.74, 6) is -1.17. The van der Waals surface area contributed by atoms with Gasteiger partial charge in [-0.05, 0) is 25.7 Å². The molecule has 1 N–H and O–H groups in total. The van der Waals surface area contributed by atoms with E-state index in [0.717, 1.165) is 37.5 Å². The summed E-state index contributed by atoms with van der Waals surface area (Å²) < 4.78 is 9.08. The Hall–Kier alpha value is -1.78. The third-order valence-electron chi connectivity index (χ3n) is 2.45. The molecular weight excluding hydrogens is 222 g/mol. The van der Waals surface area contributed by atoms with Crippen LogP contribution in [0.5, 0.6) is 0 Å². The number of ether oxygens (including phenoxy) is 2. The number of carbonyl (C=O) groups excluding carboxylic acids is 2. The van der Waals surface area contributed by atoms with Crippen molar-refractivity contribution in [2.75, 3.05) is 14.2 Å². The van der Waals surface area contributed by atoms with Crippen LogP contribution in [-0.4, -0.2) is 26.2 Å².